The van der Waals surface area contributed by atoms with Crippen molar-refractivity contribution in [1.29, 1.82) is 0 Å². The van der Waals surface area contributed by atoms with Crippen LogP contribution < -0.4 is 11.0 Å². The molecule has 13 heteroatoms. The van der Waals surface area contributed by atoms with E-state index in [-0.39, 0.29) is 28.0 Å². The van der Waals surface area contributed by atoms with Gasteiger partial charge in [-0.15, -0.1) is 0 Å². The Morgan fingerprint density at radius 1 is 1.54 bits per heavy atom. The molecular formula is C13H11ClFN7O3S. The average molecular weight is 400 g/mol. The predicted octanol–water partition coefficient (Wildman–Crippen LogP) is 1.82. The number of benzene rings is 1. The number of anilines is 1. The summed E-state index contributed by atoms with van der Waals surface area (Å²) >= 11 is 6.89. The molecule has 10 nitrogen and oxygen atoms in total. The molecule has 0 saturated heterocycles. The van der Waals surface area contributed by atoms with Gasteiger partial charge in [-0.05, 0) is 28.5 Å². The highest BCUT2D eigenvalue weighted by Crippen LogP contribution is 2.24. The van der Waals surface area contributed by atoms with Crippen LogP contribution in [0, 0.1) is 5.82 Å². The maximum atomic E-state index is 13.2. The first-order chi connectivity index (χ1) is 12.5. The molecule has 0 aliphatic heterocycles. The largest absolute Gasteiger partial charge is 0.409 e. The van der Waals surface area contributed by atoms with E-state index in [4.69, 9.17) is 16.2 Å². The normalized spacial score (nSPS) is 11.7. The van der Waals surface area contributed by atoms with E-state index >= 15 is 0 Å². The van der Waals surface area contributed by atoms with Gasteiger partial charge in [0.1, 0.15) is 11.6 Å². The molecule has 0 unspecified atom stereocenters. The number of H-pyrrole nitrogens is 1. The third-order valence-corrected chi connectivity index (χ3v) is 4.51. The lowest BCUT2D eigenvalue weighted by Crippen LogP contribution is -2.15. The molecule has 0 spiro atoms. The van der Waals surface area contributed by atoms with Gasteiger partial charge in [0.05, 0.1) is 10.8 Å². The monoisotopic (exact) mass is 399 g/mol. The van der Waals surface area contributed by atoms with E-state index in [2.05, 4.69) is 31.0 Å². The van der Waals surface area contributed by atoms with Gasteiger partial charge in [0.15, 0.2) is 10.7 Å². The Morgan fingerprint density at radius 3 is 3.00 bits per heavy atom. The molecule has 0 atom stereocenters. The van der Waals surface area contributed by atoms with Gasteiger partial charge >= 0.3 is 5.69 Å². The summed E-state index contributed by atoms with van der Waals surface area (Å²) in [5.74, 6) is 0.114. The Balaban J connectivity index is 1.77. The van der Waals surface area contributed by atoms with Crippen molar-refractivity contribution in [2.45, 2.75) is 10.8 Å². The first kappa shape index (κ1) is 17.9. The molecule has 0 amide bonds. The summed E-state index contributed by atoms with van der Waals surface area (Å²) in [5, 5.41) is 29.0. The Hall–Kier alpha value is -2.86. The van der Waals surface area contributed by atoms with Gasteiger partial charge in [0, 0.05) is 12.7 Å². The summed E-state index contributed by atoms with van der Waals surface area (Å²) < 4.78 is 19.3. The minimum Gasteiger partial charge on any atom is -0.409 e. The molecule has 26 heavy (non-hydrogen) atoms. The van der Waals surface area contributed by atoms with Gasteiger partial charge in [-0.25, -0.2) is 18.9 Å². The molecule has 0 aliphatic carbocycles. The zero-order chi connectivity index (χ0) is 18.7. The second-order valence-electron chi connectivity index (χ2n) is 4.91. The minimum absolute atomic E-state index is 0.0765. The zero-order valence-electron chi connectivity index (χ0n) is 13.1. The van der Waals surface area contributed by atoms with Crippen molar-refractivity contribution in [1.82, 2.24) is 25.1 Å². The molecule has 0 fully saturated rings. The second-order valence-corrected chi connectivity index (χ2v) is 6.28. The first-order valence-corrected chi connectivity index (χ1v) is 8.36. The number of hydrogen-bond donors (Lipinski definition) is 3. The number of halogens is 2. The third kappa shape index (κ3) is 3.70. The highest BCUT2D eigenvalue weighted by atomic mass is 35.5. The fourth-order valence-corrected chi connectivity index (χ4v) is 2.96. The van der Waals surface area contributed by atoms with E-state index in [0.717, 1.165) is 6.07 Å². The molecule has 0 aliphatic rings. The Bertz CT molecular complexity index is 1020. The lowest BCUT2D eigenvalue weighted by molar-refractivity contribution is 0.297. The van der Waals surface area contributed by atoms with Crippen LogP contribution >= 0.6 is 23.4 Å². The van der Waals surface area contributed by atoms with Crippen LogP contribution in [0.5, 0.6) is 0 Å². The van der Waals surface area contributed by atoms with Crippen LogP contribution in [0.1, 0.15) is 11.5 Å². The van der Waals surface area contributed by atoms with Gasteiger partial charge in [-0.1, -0.05) is 28.5 Å². The summed E-state index contributed by atoms with van der Waals surface area (Å²) in [4.78, 5) is 11.4. The molecule has 3 rings (SSSR count). The number of nitrogens with zero attached hydrogens (tertiary/aromatic N) is 5. The van der Waals surface area contributed by atoms with Crippen molar-refractivity contribution in [3.8, 4) is 0 Å². The predicted molar refractivity (Wildman–Crippen MR) is 91.0 cm³/mol. The van der Waals surface area contributed by atoms with Crippen LogP contribution in [0.2, 0.25) is 5.02 Å². The zero-order valence-corrected chi connectivity index (χ0v) is 14.7. The summed E-state index contributed by atoms with van der Waals surface area (Å²) in [6.45, 7) is 0. The SMILES string of the molecule is Cn1c(CSc2nonc2/C(=N/O)Nc2ccc(F)c(Cl)c2)n[nH]c1=O. The highest BCUT2D eigenvalue weighted by molar-refractivity contribution is 7.98. The van der Waals surface area contributed by atoms with Crippen molar-refractivity contribution < 1.29 is 14.2 Å². The van der Waals surface area contributed by atoms with Crippen molar-refractivity contribution in [2.24, 2.45) is 12.2 Å². The van der Waals surface area contributed by atoms with E-state index in [0.29, 0.717) is 16.5 Å². The van der Waals surface area contributed by atoms with E-state index in [9.17, 15) is 14.4 Å². The molecular weight excluding hydrogens is 389 g/mol. The van der Waals surface area contributed by atoms with Crippen LogP contribution in [-0.4, -0.2) is 36.1 Å². The van der Waals surface area contributed by atoms with Crippen LogP contribution in [0.3, 0.4) is 0 Å². The fraction of sp³-hybridized carbons (Fsp3) is 0.154. The smallest absolute Gasteiger partial charge is 0.343 e. The van der Waals surface area contributed by atoms with Crippen LogP contribution in [0.25, 0.3) is 0 Å². The van der Waals surface area contributed by atoms with Gasteiger partial charge < -0.3 is 10.5 Å². The number of thioether (sulfide) groups is 1. The quantitative estimate of drug-likeness (QED) is 0.194. The Labute approximate surface area is 154 Å². The summed E-state index contributed by atoms with van der Waals surface area (Å²) in [6.07, 6.45) is 0. The maximum absolute atomic E-state index is 13.2. The molecule has 136 valence electrons. The summed E-state index contributed by atoms with van der Waals surface area (Å²) in [5.41, 5.74) is 0.155. The van der Waals surface area contributed by atoms with Crippen molar-refractivity contribution in [3.05, 3.63) is 51.0 Å². The number of nitrogens with one attached hydrogen (secondary N) is 2. The standard InChI is InChI=1S/C13H11ClFN7O3S/c1-22-9(17-18-13(22)23)5-26-12-10(20-25-21-12)11(19-24)16-6-2-3-8(15)7(14)4-6/h2-4,24H,5H2,1H3,(H,16,19)(H,18,23). The van der Waals surface area contributed by atoms with Crippen LogP contribution in [0.15, 0.2) is 37.8 Å². The number of hydrogen-bond acceptors (Lipinski definition) is 8. The Kier molecular flexibility index (Phi) is 5.23. The van der Waals surface area contributed by atoms with E-state index in [1.807, 2.05) is 0 Å². The molecule has 0 bridgehead atoms. The van der Waals surface area contributed by atoms with E-state index in [1.165, 1.54) is 28.5 Å². The molecule has 0 radical (unpaired) electrons. The van der Waals surface area contributed by atoms with Crippen molar-refractivity contribution in [2.75, 3.05) is 5.32 Å². The third-order valence-electron chi connectivity index (χ3n) is 3.28. The second kappa shape index (κ2) is 7.58. The number of aromatic nitrogens is 5. The van der Waals surface area contributed by atoms with E-state index < -0.39 is 5.82 Å². The van der Waals surface area contributed by atoms with Crippen LogP contribution in [-0.2, 0) is 12.8 Å². The van der Waals surface area contributed by atoms with E-state index in [1.54, 1.807) is 7.05 Å². The van der Waals surface area contributed by atoms with Crippen LogP contribution in [0.4, 0.5) is 10.1 Å². The number of rotatable bonds is 5. The number of oxime groups is 1. The number of aromatic amines is 1. The number of amidine groups is 1. The highest BCUT2D eigenvalue weighted by Gasteiger charge is 2.19. The fourth-order valence-electron chi connectivity index (χ4n) is 1.90. The molecule has 3 aromatic rings. The molecule has 1 aromatic carbocycles. The molecule has 2 aromatic heterocycles. The van der Waals surface area contributed by atoms with Crippen molar-refractivity contribution in [3.63, 3.8) is 0 Å². The topological polar surface area (TPSA) is 134 Å². The van der Waals surface area contributed by atoms with Crippen molar-refractivity contribution >= 4 is 34.9 Å². The lowest BCUT2D eigenvalue weighted by atomic mass is 10.3. The lowest BCUT2D eigenvalue weighted by Gasteiger charge is -2.07. The summed E-state index contributed by atoms with van der Waals surface area (Å²) in [7, 11) is 1.57. The van der Waals surface area contributed by atoms with Gasteiger partial charge in [0.2, 0.25) is 5.84 Å². The minimum atomic E-state index is -0.580. The van der Waals surface area contributed by atoms with Gasteiger partial charge in [0.25, 0.3) is 0 Å². The first-order valence-electron chi connectivity index (χ1n) is 6.99. The molecule has 0 saturated carbocycles. The van der Waals surface area contributed by atoms with Gasteiger partial charge in [-0.3, -0.25) is 4.57 Å². The summed E-state index contributed by atoms with van der Waals surface area (Å²) in [6, 6.07) is 3.89. The molecule has 2 heterocycles. The maximum Gasteiger partial charge on any atom is 0.343 e. The van der Waals surface area contributed by atoms with Gasteiger partial charge in [-0.2, -0.15) is 5.10 Å². The molecule has 3 N–H and O–H groups in total. The average Bonchev–Trinajstić information content (AvgIpc) is 3.22. The Morgan fingerprint density at radius 2 is 2.35 bits per heavy atom.